The number of methoxy groups -OCH3 is 1. The second-order valence-electron chi connectivity index (χ2n) is 6.85. The fraction of sp³-hybridized carbons (Fsp3) is 0.875. The van der Waals surface area contributed by atoms with Crippen LogP contribution in [0.2, 0.25) is 0 Å². The number of carbonyl (C=O) groups excluding carboxylic acids is 2. The molecular weight excluding hydrogens is 334 g/mol. The van der Waals surface area contributed by atoms with Crippen molar-refractivity contribution in [1.29, 1.82) is 0 Å². The summed E-state index contributed by atoms with van der Waals surface area (Å²) in [6.07, 6.45) is 0.419. The molecule has 1 aliphatic rings. The monoisotopic (exact) mass is 365 g/mol. The van der Waals surface area contributed by atoms with Gasteiger partial charge in [-0.05, 0) is 6.92 Å². The lowest BCUT2D eigenvalue weighted by molar-refractivity contribution is -0.180. The van der Waals surface area contributed by atoms with Gasteiger partial charge in [0.2, 0.25) is 11.8 Å². The Morgan fingerprint density at radius 3 is 2.29 bits per heavy atom. The first-order valence-corrected chi connectivity index (χ1v) is 8.00. The van der Waals surface area contributed by atoms with Gasteiger partial charge in [0.25, 0.3) is 0 Å². The van der Waals surface area contributed by atoms with Crippen LogP contribution in [0.1, 0.15) is 27.2 Å². The average Bonchev–Trinajstić information content (AvgIpc) is 2.49. The number of halogens is 1. The number of likely N-dealkylation sites (N-methyl/N-ethyl adjacent to an activating group) is 1. The van der Waals surface area contributed by atoms with Crippen LogP contribution in [0.3, 0.4) is 0 Å². The van der Waals surface area contributed by atoms with E-state index in [-0.39, 0.29) is 36.9 Å². The van der Waals surface area contributed by atoms with Gasteiger partial charge in [0.1, 0.15) is 5.54 Å². The zero-order valence-corrected chi connectivity index (χ0v) is 16.4. The van der Waals surface area contributed by atoms with Crippen molar-refractivity contribution in [1.82, 2.24) is 9.80 Å². The Labute approximate surface area is 151 Å². The first kappa shape index (κ1) is 23.1. The molecule has 24 heavy (non-hydrogen) atoms. The van der Waals surface area contributed by atoms with E-state index >= 15 is 0 Å². The predicted octanol–water partition coefficient (Wildman–Crippen LogP) is 0.504. The van der Waals surface area contributed by atoms with Crippen LogP contribution in [0.25, 0.3) is 0 Å². The Bertz CT molecular complexity index is 445. The van der Waals surface area contributed by atoms with Crippen LogP contribution in [0.5, 0.6) is 0 Å². The molecule has 142 valence electrons. The Balaban J connectivity index is 0.00000529. The minimum atomic E-state index is -1.02. The Morgan fingerprint density at radius 1 is 1.29 bits per heavy atom. The van der Waals surface area contributed by atoms with Crippen LogP contribution in [-0.2, 0) is 19.1 Å². The summed E-state index contributed by atoms with van der Waals surface area (Å²) in [7, 11) is 4.89. The minimum absolute atomic E-state index is 0. The number of carbonyl (C=O) groups is 2. The molecule has 0 aromatic carbocycles. The molecule has 1 saturated carbocycles. The summed E-state index contributed by atoms with van der Waals surface area (Å²) in [5.74, 6) is -0.359. The third-order valence-corrected chi connectivity index (χ3v) is 4.89. The molecule has 2 unspecified atom stereocenters. The molecular formula is C16H32ClN3O4. The van der Waals surface area contributed by atoms with Gasteiger partial charge >= 0.3 is 0 Å². The topological polar surface area (TPSA) is 85.1 Å². The lowest BCUT2D eigenvalue weighted by Crippen LogP contribution is -2.76. The smallest absolute Gasteiger partial charge is 0.243 e. The normalized spacial score (nSPS) is 24.5. The van der Waals surface area contributed by atoms with Crippen molar-refractivity contribution in [2.75, 3.05) is 47.5 Å². The first-order chi connectivity index (χ1) is 10.6. The Morgan fingerprint density at radius 2 is 1.88 bits per heavy atom. The van der Waals surface area contributed by atoms with Gasteiger partial charge in [0.05, 0.1) is 19.3 Å². The van der Waals surface area contributed by atoms with E-state index in [2.05, 4.69) is 0 Å². The second-order valence-corrected chi connectivity index (χ2v) is 6.85. The van der Waals surface area contributed by atoms with E-state index < -0.39 is 11.0 Å². The van der Waals surface area contributed by atoms with Gasteiger partial charge in [-0.25, -0.2) is 0 Å². The van der Waals surface area contributed by atoms with E-state index in [4.69, 9.17) is 15.2 Å². The van der Waals surface area contributed by atoms with Crippen LogP contribution in [0.15, 0.2) is 0 Å². The predicted molar refractivity (Wildman–Crippen MR) is 95.1 cm³/mol. The zero-order valence-electron chi connectivity index (χ0n) is 15.6. The molecule has 0 aromatic heterocycles. The highest BCUT2D eigenvalue weighted by molar-refractivity contribution is 5.92. The van der Waals surface area contributed by atoms with Gasteiger partial charge in [-0.1, -0.05) is 13.8 Å². The molecule has 2 amide bonds. The van der Waals surface area contributed by atoms with Gasteiger partial charge in [0.15, 0.2) is 0 Å². The van der Waals surface area contributed by atoms with Crippen molar-refractivity contribution in [3.8, 4) is 0 Å². The summed E-state index contributed by atoms with van der Waals surface area (Å²) < 4.78 is 10.7. The Kier molecular flexibility index (Phi) is 8.65. The van der Waals surface area contributed by atoms with Crippen LogP contribution >= 0.6 is 12.4 Å². The maximum absolute atomic E-state index is 13.0. The summed E-state index contributed by atoms with van der Waals surface area (Å²) in [5.41, 5.74) is 4.93. The molecule has 0 aliphatic heterocycles. The largest absolute Gasteiger partial charge is 0.383 e. The van der Waals surface area contributed by atoms with Crippen LogP contribution in [0, 0.1) is 5.41 Å². The van der Waals surface area contributed by atoms with Crippen LogP contribution < -0.4 is 5.73 Å². The zero-order chi connectivity index (χ0) is 17.8. The lowest BCUT2D eigenvalue weighted by Gasteiger charge is -2.58. The summed E-state index contributed by atoms with van der Waals surface area (Å²) in [4.78, 5) is 28.0. The van der Waals surface area contributed by atoms with Crippen LogP contribution in [0.4, 0.5) is 0 Å². The fourth-order valence-electron chi connectivity index (χ4n) is 2.84. The summed E-state index contributed by atoms with van der Waals surface area (Å²) in [5, 5.41) is 0. The molecule has 1 rings (SSSR count). The van der Waals surface area contributed by atoms with Gasteiger partial charge < -0.3 is 25.0 Å². The second kappa shape index (κ2) is 8.99. The maximum atomic E-state index is 13.0. The third-order valence-electron chi connectivity index (χ3n) is 4.89. The average molecular weight is 366 g/mol. The van der Waals surface area contributed by atoms with Crippen molar-refractivity contribution < 1.29 is 19.1 Å². The van der Waals surface area contributed by atoms with Gasteiger partial charge in [-0.3, -0.25) is 9.59 Å². The van der Waals surface area contributed by atoms with Crippen molar-refractivity contribution >= 4 is 24.2 Å². The molecule has 1 fully saturated rings. The van der Waals surface area contributed by atoms with E-state index in [1.165, 1.54) is 9.80 Å². The van der Waals surface area contributed by atoms with Gasteiger partial charge in [0, 0.05) is 46.2 Å². The van der Waals surface area contributed by atoms with E-state index in [0.29, 0.717) is 26.2 Å². The van der Waals surface area contributed by atoms with E-state index in [9.17, 15) is 9.59 Å². The third kappa shape index (κ3) is 4.39. The number of amides is 2. The van der Waals surface area contributed by atoms with Gasteiger partial charge in [-0.2, -0.15) is 0 Å². The molecule has 2 N–H and O–H groups in total. The fourth-order valence-corrected chi connectivity index (χ4v) is 2.84. The molecule has 1 aliphatic carbocycles. The van der Waals surface area contributed by atoms with E-state index in [1.54, 1.807) is 21.2 Å². The molecule has 7 nitrogen and oxygen atoms in total. The number of hydrogen-bond acceptors (Lipinski definition) is 5. The van der Waals surface area contributed by atoms with Crippen molar-refractivity contribution in [2.24, 2.45) is 11.1 Å². The van der Waals surface area contributed by atoms with E-state index in [0.717, 1.165) is 0 Å². The molecule has 0 radical (unpaired) electrons. The maximum Gasteiger partial charge on any atom is 0.243 e. The van der Waals surface area contributed by atoms with Crippen LogP contribution in [-0.4, -0.2) is 80.8 Å². The van der Waals surface area contributed by atoms with Crippen molar-refractivity contribution in [2.45, 2.75) is 38.8 Å². The molecule has 0 heterocycles. The summed E-state index contributed by atoms with van der Waals surface area (Å²) in [6, 6.07) is 0. The number of rotatable bonds is 8. The lowest BCUT2D eigenvalue weighted by atomic mass is 9.54. The Hall–Kier alpha value is -0.890. The molecule has 0 aromatic rings. The SMILES string of the molecule is CCOC1CC(N)(C(=O)N(CCOC)CC(=O)N(C)C)C1(C)C.Cl. The summed E-state index contributed by atoms with van der Waals surface area (Å²) in [6.45, 7) is 7.10. The standard InChI is InChI=1S/C16H31N3O4.ClH/c1-7-23-12-10-16(17,15(12,2)3)14(21)19(8-9-22-6)11-13(20)18(4)5;/h12H,7-11,17H2,1-6H3;1H. The number of hydrogen-bond donors (Lipinski definition) is 1. The first-order valence-electron chi connectivity index (χ1n) is 8.00. The summed E-state index contributed by atoms with van der Waals surface area (Å²) >= 11 is 0. The van der Waals surface area contributed by atoms with E-state index in [1.807, 2.05) is 20.8 Å². The number of nitrogens with two attached hydrogens (primary N) is 1. The molecule has 2 atom stereocenters. The molecule has 8 heteroatoms. The highest BCUT2D eigenvalue weighted by Gasteiger charge is 2.63. The number of nitrogens with zero attached hydrogens (tertiary/aromatic N) is 2. The number of ether oxygens (including phenoxy) is 2. The molecule has 0 saturated heterocycles. The molecule has 0 spiro atoms. The van der Waals surface area contributed by atoms with Crippen molar-refractivity contribution in [3.05, 3.63) is 0 Å². The van der Waals surface area contributed by atoms with Crippen molar-refractivity contribution in [3.63, 3.8) is 0 Å². The van der Waals surface area contributed by atoms with Gasteiger partial charge in [-0.15, -0.1) is 12.4 Å². The highest BCUT2D eigenvalue weighted by atomic mass is 35.5. The molecule has 0 bridgehead atoms. The quantitative estimate of drug-likeness (QED) is 0.677. The minimum Gasteiger partial charge on any atom is -0.383 e. The highest BCUT2D eigenvalue weighted by Crippen LogP contribution is 2.50.